The highest BCUT2D eigenvalue weighted by Gasteiger charge is 2.27. The fraction of sp³-hybridized carbons (Fsp3) is 0.194. The van der Waals surface area contributed by atoms with Crippen molar-refractivity contribution >= 4 is 17.4 Å². The number of halogens is 1. The van der Waals surface area contributed by atoms with Gasteiger partial charge in [-0.05, 0) is 58.4 Å². The number of amidine groups is 1. The molecule has 184 valence electrons. The number of methoxy groups -OCH3 is 1. The largest absolute Gasteiger partial charge is 0.495 e. The summed E-state index contributed by atoms with van der Waals surface area (Å²) in [4.78, 5) is 6.19. The van der Waals surface area contributed by atoms with Crippen LogP contribution < -0.4 is 4.74 Å². The Morgan fingerprint density at radius 2 is 1.81 bits per heavy atom. The molecule has 0 saturated heterocycles. The van der Waals surface area contributed by atoms with Crippen molar-refractivity contribution in [2.45, 2.75) is 19.8 Å². The highest BCUT2D eigenvalue weighted by molar-refractivity contribution is 6.32. The van der Waals surface area contributed by atoms with Crippen molar-refractivity contribution in [3.8, 4) is 45.2 Å². The van der Waals surface area contributed by atoms with Gasteiger partial charge in [-0.1, -0.05) is 61.0 Å². The second-order valence-electron chi connectivity index (χ2n) is 9.33. The van der Waals surface area contributed by atoms with Gasteiger partial charge in [-0.25, -0.2) is 0 Å². The van der Waals surface area contributed by atoms with Crippen molar-refractivity contribution in [2.75, 3.05) is 21.2 Å². The predicted octanol–water partition coefficient (Wildman–Crippen LogP) is 6.97. The van der Waals surface area contributed by atoms with Gasteiger partial charge < -0.3 is 9.64 Å². The molecule has 1 heterocycles. The number of benzene rings is 3. The molecule has 1 aliphatic rings. The zero-order valence-electron chi connectivity index (χ0n) is 21.3. The summed E-state index contributed by atoms with van der Waals surface area (Å²) in [6, 6.07) is 20.8. The fourth-order valence-electron chi connectivity index (χ4n) is 5.07. The van der Waals surface area contributed by atoms with Crippen LogP contribution in [-0.2, 0) is 12.8 Å². The summed E-state index contributed by atoms with van der Waals surface area (Å²) >= 11 is 6.76. The molecule has 5 rings (SSSR count). The van der Waals surface area contributed by atoms with E-state index in [9.17, 15) is 5.26 Å². The van der Waals surface area contributed by atoms with E-state index in [0.717, 1.165) is 24.0 Å². The van der Waals surface area contributed by atoms with Crippen molar-refractivity contribution < 1.29 is 4.74 Å². The lowest BCUT2D eigenvalue weighted by molar-refractivity contribution is 0.418. The maximum atomic E-state index is 10.1. The third kappa shape index (κ3) is 4.14. The first-order chi connectivity index (χ1) is 17.9. The van der Waals surface area contributed by atoms with Crippen LogP contribution in [0.25, 0.3) is 33.4 Å². The van der Waals surface area contributed by atoms with E-state index in [1.807, 2.05) is 12.1 Å². The molecule has 37 heavy (non-hydrogen) atoms. The van der Waals surface area contributed by atoms with Crippen LogP contribution in [-0.4, -0.2) is 36.9 Å². The van der Waals surface area contributed by atoms with Crippen molar-refractivity contribution in [1.29, 1.82) is 10.7 Å². The second-order valence-corrected chi connectivity index (χ2v) is 9.74. The van der Waals surface area contributed by atoms with Crippen LogP contribution in [0.4, 0.5) is 0 Å². The molecule has 0 unspecified atom stereocenters. The molecule has 0 amide bonds. The number of nitriles is 1. The number of pyridine rings is 1. The molecule has 1 aromatic heterocycles. The van der Waals surface area contributed by atoms with E-state index in [1.54, 1.807) is 38.4 Å². The lowest BCUT2D eigenvalue weighted by Gasteiger charge is -2.20. The normalized spacial score (nSPS) is 11.5. The number of aryl methyl sites for hydroxylation is 1. The van der Waals surface area contributed by atoms with Crippen LogP contribution >= 0.6 is 11.6 Å². The Morgan fingerprint density at radius 3 is 2.43 bits per heavy atom. The number of hydrogen-bond donors (Lipinski definition) is 1. The predicted molar refractivity (Wildman–Crippen MR) is 150 cm³/mol. The molecular weight excluding hydrogens is 480 g/mol. The van der Waals surface area contributed by atoms with Gasteiger partial charge in [0.15, 0.2) is 0 Å². The minimum Gasteiger partial charge on any atom is -0.495 e. The van der Waals surface area contributed by atoms with E-state index < -0.39 is 0 Å². The lowest BCUT2D eigenvalue weighted by atomic mass is 9.88. The molecule has 1 N–H and O–H groups in total. The number of ether oxygens (including phenoxy) is 1. The number of fused-ring (bicyclic) bond motifs is 3. The monoisotopic (exact) mass is 506 g/mol. The van der Waals surface area contributed by atoms with Gasteiger partial charge in [0.2, 0.25) is 0 Å². The number of nitrogens with one attached hydrogen (secondary N) is 1. The molecule has 5 nitrogen and oxygen atoms in total. The Bertz CT molecular complexity index is 1580. The first kappa shape index (κ1) is 24.5. The van der Waals surface area contributed by atoms with Crippen molar-refractivity contribution in [2.24, 2.45) is 0 Å². The number of hydrogen-bond acceptors (Lipinski definition) is 4. The summed E-state index contributed by atoms with van der Waals surface area (Å²) in [5, 5.41) is 18.7. The zero-order chi connectivity index (χ0) is 26.3. The van der Waals surface area contributed by atoms with Crippen LogP contribution in [0, 0.1) is 16.7 Å². The SMILES string of the molecule is CCc1cc2c(c(-c3cc(Cl)c(C#N)c(-c4ccc(C(=N)N(C)C)nc4)c3OC)c1)Cc1ccccc1-2. The van der Waals surface area contributed by atoms with Crippen molar-refractivity contribution in [3.63, 3.8) is 0 Å². The fourth-order valence-corrected chi connectivity index (χ4v) is 5.32. The average molecular weight is 507 g/mol. The third-order valence-corrected chi connectivity index (χ3v) is 7.27. The zero-order valence-corrected chi connectivity index (χ0v) is 22.1. The third-order valence-electron chi connectivity index (χ3n) is 6.97. The molecule has 0 radical (unpaired) electrons. The van der Waals surface area contributed by atoms with E-state index in [-0.39, 0.29) is 0 Å². The molecule has 0 atom stereocenters. The Hall–Kier alpha value is -4.14. The quantitative estimate of drug-likeness (QED) is 0.206. The van der Waals surface area contributed by atoms with E-state index in [4.69, 9.17) is 21.7 Å². The topological polar surface area (TPSA) is 73.0 Å². The highest BCUT2D eigenvalue weighted by atomic mass is 35.5. The summed E-state index contributed by atoms with van der Waals surface area (Å²) < 4.78 is 6.02. The number of nitrogens with zero attached hydrogens (tertiary/aromatic N) is 3. The summed E-state index contributed by atoms with van der Waals surface area (Å²) in [6.45, 7) is 2.15. The summed E-state index contributed by atoms with van der Waals surface area (Å²) in [7, 11) is 5.23. The maximum absolute atomic E-state index is 10.1. The molecule has 0 aliphatic heterocycles. The van der Waals surface area contributed by atoms with Gasteiger partial charge >= 0.3 is 0 Å². The van der Waals surface area contributed by atoms with Gasteiger partial charge in [0.1, 0.15) is 23.3 Å². The average Bonchev–Trinajstić information content (AvgIpc) is 3.30. The van der Waals surface area contributed by atoms with Crippen LogP contribution in [0.3, 0.4) is 0 Å². The summed E-state index contributed by atoms with van der Waals surface area (Å²) in [5.41, 5.74) is 10.4. The highest BCUT2D eigenvalue weighted by Crippen LogP contribution is 2.49. The van der Waals surface area contributed by atoms with E-state index >= 15 is 0 Å². The molecular formula is C31H27ClN4O. The Kier molecular flexibility index (Phi) is 6.45. The van der Waals surface area contributed by atoms with E-state index in [1.165, 1.54) is 27.8 Å². The molecule has 0 bridgehead atoms. The molecule has 6 heteroatoms. The van der Waals surface area contributed by atoms with Crippen molar-refractivity contribution in [1.82, 2.24) is 9.88 Å². The maximum Gasteiger partial charge on any atom is 0.146 e. The molecule has 0 saturated carbocycles. The first-order valence-electron chi connectivity index (χ1n) is 12.2. The Balaban J connectivity index is 1.76. The van der Waals surface area contributed by atoms with Gasteiger partial charge in [0, 0.05) is 37.0 Å². The van der Waals surface area contributed by atoms with Gasteiger partial charge in [-0.2, -0.15) is 5.26 Å². The first-order valence-corrected chi connectivity index (χ1v) is 12.5. The van der Waals surface area contributed by atoms with E-state index in [0.29, 0.717) is 39.0 Å². The standard InChI is InChI=1S/C31H27ClN4O/c1-5-18-12-22-21-9-7-6-8-19(21)14-24(22)23(13-18)25-15-27(32)26(16-33)29(30(25)37-4)20-10-11-28(35-17-20)31(34)36(2)3/h6-13,15,17,34H,5,14H2,1-4H3. The number of aromatic nitrogens is 1. The van der Waals surface area contributed by atoms with Gasteiger partial charge in [0.05, 0.1) is 17.7 Å². The Labute approximate surface area is 222 Å². The minimum absolute atomic E-state index is 0.303. The molecule has 1 aliphatic carbocycles. The molecule has 0 spiro atoms. The minimum atomic E-state index is 0.303. The van der Waals surface area contributed by atoms with Crippen LogP contribution in [0.2, 0.25) is 5.02 Å². The van der Waals surface area contributed by atoms with Crippen LogP contribution in [0.15, 0.2) is 60.8 Å². The van der Waals surface area contributed by atoms with Crippen LogP contribution in [0.1, 0.15) is 34.9 Å². The summed E-state index contributed by atoms with van der Waals surface area (Å²) in [6.07, 6.45) is 3.39. The second kappa shape index (κ2) is 9.72. The van der Waals surface area contributed by atoms with Gasteiger partial charge in [0.25, 0.3) is 0 Å². The van der Waals surface area contributed by atoms with Gasteiger partial charge in [-0.15, -0.1) is 0 Å². The lowest BCUT2D eigenvalue weighted by Crippen LogP contribution is -2.22. The molecule has 0 fully saturated rings. The van der Waals surface area contributed by atoms with E-state index in [2.05, 4.69) is 54.4 Å². The summed E-state index contributed by atoms with van der Waals surface area (Å²) in [5.74, 6) is 0.891. The van der Waals surface area contributed by atoms with Gasteiger partial charge in [-0.3, -0.25) is 10.4 Å². The smallest absolute Gasteiger partial charge is 0.146 e. The molecule has 3 aromatic carbocycles. The number of rotatable bonds is 5. The Morgan fingerprint density at radius 1 is 1.08 bits per heavy atom. The van der Waals surface area contributed by atoms with Crippen LogP contribution in [0.5, 0.6) is 5.75 Å². The van der Waals surface area contributed by atoms with Crippen molar-refractivity contribution in [3.05, 3.63) is 93.8 Å². The molecule has 4 aromatic rings.